The van der Waals surface area contributed by atoms with Gasteiger partial charge in [-0.05, 0) is 64.1 Å². The Morgan fingerprint density at radius 1 is 0.889 bits per heavy atom. The van der Waals surface area contributed by atoms with Crippen molar-refractivity contribution in [2.24, 2.45) is 0 Å². The second-order valence-corrected chi connectivity index (χ2v) is 5.38. The molecule has 0 heterocycles. The molecule has 0 amide bonds. The predicted octanol–water partition coefficient (Wildman–Crippen LogP) is 4.14. The first-order chi connectivity index (χ1) is 8.84. The Morgan fingerprint density at radius 3 is 2.72 bits per heavy atom. The van der Waals surface area contributed by atoms with Gasteiger partial charge in [-0.15, -0.1) is 0 Å². The lowest BCUT2D eigenvalue weighted by Crippen LogP contribution is -2.03. The SMILES string of the molecule is Cc1ccc2ccc3c4c(ccc1c24)CCCC=3. The molecule has 0 spiro atoms. The summed E-state index contributed by atoms with van der Waals surface area (Å²) in [4.78, 5) is 0. The largest absolute Gasteiger partial charge is 0.0766 e. The summed E-state index contributed by atoms with van der Waals surface area (Å²) >= 11 is 0. The van der Waals surface area contributed by atoms with Crippen molar-refractivity contribution in [2.45, 2.75) is 26.2 Å². The summed E-state index contributed by atoms with van der Waals surface area (Å²) in [5, 5.41) is 7.22. The van der Waals surface area contributed by atoms with Crippen LogP contribution in [0.15, 0.2) is 36.4 Å². The second-order valence-electron chi connectivity index (χ2n) is 5.38. The highest BCUT2D eigenvalue weighted by atomic mass is 14.1. The van der Waals surface area contributed by atoms with Crippen LogP contribution in [0.1, 0.15) is 24.0 Å². The molecule has 0 unspecified atom stereocenters. The lowest BCUT2D eigenvalue weighted by Gasteiger charge is -2.12. The van der Waals surface area contributed by atoms with Gasteiger partial charge in [0.25, 0.3) is 0 Å². The quantitative estimate of drug-likeness (QED) is 0.546. The molecule has 0 radical (unpaired) electrons. The monoisotopic (exact) mass is 232 g/mol. The third kappa shape index (κ3) is 1.26. The van der Waals surface area contributed by atoms with E-state index in [0.717, 1.165) is 0 Å². The Balaban J connectivity index is 2.37. The molecule has 0 fully saturated rings. The zero-order valence-electron chi connectivity index (χ0n) is 10.7. The van der Waals surface area contributed by atoms with Crippen LogP contribution in [0.5, 0.6) is 0 Å². The van der Waals surface area contributed by atoms with Gasteiger partial charge in [-0.3, -0.25) is 0 Å². The molecule has 0 aliphatic heterocycles. The van der Waals surface area contributed by atoms with Crippen LogP contribution >= 0.6 is 0 Å². The molecule has 3 aromatic carbocycles. The smallest absolute Gasteiger partial charge is 0.00275 e. The maximum absolute atomic E-state index is 2.41. The van der Waals surface area contributed by atoms with Crippen LogP contribution in [0.3, 0.4) is 0 Å². The van der Waals surface area contributed by atoms with Crippen LogP contribution in [0, 0.1) is 6.92 Å². The zero-order chi connectivity index (χ0) is 12.1. The van der Waals surface area contributed by atoms with E-state index in [1.807, 2.05) is 0 Å². The summed E-state index contributed by atoms with van der Waals surface area (Å²) in [6.45, 7) is 2.21. The van der Waals surface area contributed by atoms with Crippen molar-refractivity contribution in [1.82, 2.24) is 0 Å². The fourth-order valence-electron chi connectivity index (χ4n) is 3.32. The Morgan fingerprint density at radius 2 is 1.78 bits per heavy atom. The molecule has 1 aliphatic rings. The Hall–Kier alpha value is -1.82. The minimum atomic E-state index is 1.21. The maximum atomic E-state index is 2.41. The first kappa shape index (κ1) is 10.1. The van der Waals surface area contributed by atoms with Crippen molar-refractivity contribution in [3.8, 4) is 0 Å². The summed E-state index contributed by atoms with van der Waals surface area (Å²) in [5.41, 5.74) is 2.91. The minimum Gasteiger partial charge on any atom is -0.0766 e. The number of benzene rings is 3. The van der Waals surface area contributed by atoms with E-state index in [1.165, 1.54) is 57.2 Å². The molecule has 0 atom stereocenters. The molecule has 3 aromatic rings. The average molecular weight is 232 g/mol. The lowest BCUT2D eigenvalue weighted by atomic mass is 9.92. The zero-order valence-corrected chi connectivity index (χ0v) is 10.7. The van der Waals surface area contributed by atoms with E-state index in [-0.39, 0.29) is 0 Å². The van der Waals surface area contributed by atoms with Gasteiger partial charge in [0.1, 0.15) is 0 Å². The molecule has 0 saturated carbocycles. The normalized spacial score (nSPS) is 14.7. The maximum Gasteiger partial charge on any atom is -0.00275 e. The Kier molecular flexibility index (Phi) is 2.02. The summed E-state index contributed by atoms with van der Waals surface area (Å²) < 4.78 is 0. The fourth-order valence-corrected chi connectivity index (χ4v) is 3.32. The van der Waals surface area contributed by atoms with E-state index >= 15 is 0 Å². The molecule has 0 N–H and O–H groups in total. The van der Waals surface area contributed by atoms with E-state index in [2.05, 4.69) is 49.4 Å². The van der Waals surface area contributed by atoms with Crippen molar-refractivity contribution in [1.29, 1.82) is 0 Å². The number of rotatable bonds is 0. The van der Waals surface area contributed by atoms with Crippen molar-refractivity contribution in [3.05, 3.63) is 52.7 Å². The van der Waals surface area contributed by atoms with E-state index in [9.17, 15) is 0 Å². The second kappa shape index (κ2) is 3.58. The highest BCUT2D eigenvalue weighted by Crippen LogP contribution is 2.31. The van der Waals surface area contributed by atoms with E-state index in [4.69, 9.17) is 0 Å². The van der Waals surface area contributed by atoms with Gasteiger partial charge >= 0.3 is 0 Å². The highest BCUT2D eigenvalue weighted by molar-refractivity contribution is 6.12. The van der Waals surface area contributed by atoms with Gasteiger partial charge in [0.05, 0.1) is 0 Å². The van der Waals surface area contributed by atoms with Crippen LogP contribution in [-0.4, -0.2) is 0 Å². The Labute approximate surface area is 107 Å². The van der Waals surface area contributed by atoms with Crippen molar-refractivity contribution in [2.75, 3.05) is 0 Å². The molecular formula is C18H16. The third-order valence-electron chi connectivity index (χ3n) is 4.26. The lowest BCUT2D eigenvalue weighted by molar-refractivity contribution is 0.876. The molecule has 0 heteroatoms. The topological polar surface area (TPSA) is 0 Å². The average Bonchev–Trinajstić information content (AvgIpc) is 2.61. The summed E-state index contributed by atoms with van der Waals surface area (Å²) in [7, 11) is 0. The van der Waals surface area contributed by atoms with Gasteiger partial charge in [0.2, 0.25) is 0 Å². The van der Waals surface area contributed by atoms with Gasteiger partial charge in [-0.1, -0.05) is 42.5 Å². The van der Waals surface area contributed by atoms with Crippen LogP contribution < -0.4 is 5.22 Å². The molecule has 0 saturated heterocycles. The molecule has 0 bridgehead atoms. The third-order valence-corrected chi connectivity index (χ3v) is 4.26. The van der Waals surface area contributed by atoms with E-state index in [0.29, 0.717) is 0 Å². The van der Waals surface area contributed by atoms with Gasteiger partial charge in [0, 0.05) is 0 Å². The summed E-state index contributed by atoms with van der Waals surface area (Å²) in [6.07, 6.45) is 6.10. The van der Waals surface area contributed by atoms with Crippen molar-refractivity contribution >= 4 is 27.6 Å². The predicted molar refractivity (Wildman–Crippen MR) is 78.8 cm³/mol. The van der Waals surface area contributed by atoms with Crippen LogP contribution in [0.2, 0.25) is 0 Å². The molecule has 4 rings (SSSR count). The van der Waals surface area contributed by atoms with Crippen molar-refractivity contribution in [3.63, 3.8) is 0 Å². The van der Waals surface area contributed by atoms with Gasteiger partial charge in [-0.2, -0.15) is 0 Å². The summed E-state index contributed by atoms with van der Waals surface area (Å²) in [6, 6.07) is 13.7. The molecular weight excluding hydrogens is 216 g/mol. The minimum absolute atomic E-state index is 1.21. The number of aryl methyl sites for hydroxylation is 2. The molecule has 1 aliphatic carbocycles. The first-order valence-electron chi connectivity index (χ1n) is 6.78. The fraction of sp³-hybridized carbons (Fsp3) is 0.222. The summed E-state index contributed by atoms with van der Waals surface area (Å²) in [5.74, 6) is 0. The molecule has 88 valence electrons. The van der Waals surface area contributed by atoms with E-state index < -0.39 is 0 Å². The molecule has 0 nitrogen and oxygen atoms in total. The van der Waals surface area contributed by atoms with Gasteiger partial charge in [-0.25, -0.2) is 0 Å². The number of hydrogen-bond acceptors (Lipinski definition) is 0. The highest BCUT2D eigenvalue weighted by Gasteiger charge is 2.11. The molecule has 0 aromatic heterocycles. The first-order valence-corrected chi connectivity index (χ1v) is 6.78. The van der Waals surface area contributed by atoms with E-state index in [1.54, 1.807) is 0 Å². The van der Waals surface area contributed by atoms with Gasteiger partial charge < -0.3 is 0 Å². The molecule has 18 heavy (non-hydrogen) atoms. The Bertz CT molecular complexity index is 809. The van der Waals surface area contributed by atoms with Crippen LogP contribution in [0.4, 0.5) is 0 Å². The van der Waals surface area contributed by atoms with Crippen LogP contribution in [-0.2, 0) is 6.42 Å². The van der Waals surface area contributed by atoms with Crippen molar-refractivity contribution < 1.29 is 0 Å². The standard InChI is InChI=1S/C18H16/c1-12-6-7-15-9-8-13-4-2-3-5-14-10-11-16(12)18(15)17(13)14/h4,6-11H,2-3,5H2,1H3. The van der Waals surface area contributed by atoms with Crippen LogP contribution in [0.25, 0.3) is 27.6 Å². The number of hydrogen-bond donors (Lipinski definition) is 0. The van der Waals surface area contributed by atoms with Gasteiger partial charge in [0.15, 0.2) is 0 Å².